The summed E-state index contributed by atoms with van der Waals surface area (Å²) < 4.78 is 15.7. The van der Waals surface area contributed by atoms with Crippen LogP contribution in [0.5, 0.6) is 11.5 Å². The number of nitrogens with zero attached hydrogens (tertiary/aromatic N) is 3. The number of esters is 1. The number of hydrogen-bond donors (Lipinski definition) is 0. The molecule has 0 spiro atoms. The number of amidine groups is 1. The molecule has 1 aromatic rings. The van der Waals surface area contributed by atoms with Gasteiger partial charge in [0.2, 0.25) is 0 Å². The molecule has 1 aromatic carbocycles. The van der Waals surface area contributed by atoms with Gasteiger partial charge in [-0.15, -0.1) is 0 Å². The number of aliphatic imine (C=N–C) groups is 1. The molecule has 2 aliphatic rings. The average Bonchev–Trinajstić information content (AvgIpc) is 3.13. The summed E-state index contributed by atoms with van der Waals surface area (Å²) in [5.41, 5.74) is 0.788. The second-order valence-corrected chi connectivity index (χ2v) is 6.72. The largest absolute Gasteiger partial charge is 0.493 e. The maximum Gasteiger partial charge on any atom is 0.338 e. The van der Waals surface area contributed by atoms with E-state index in [1.807, 2.05) is 0 Å². The van der Waals surface area contributed by atoms with Crippen molar-refractivity contribution in [3.05, 3.63) is 50.7 Å². The van der Waals surface area contributed by atoms with Crippen LogP contribution in [-0.2, 0) is 9.53 Å². The first-order valence-electron chi connectivity index (χ1n) is 8.41. The lowest BCUT2D eigenvalue weighted by Crippen LogP contribution is -2.34. The number of carbonyl (C=O) groups is 1. The number of ether oxygens (including phenoxy) is 3. The Bertz CT molecular complexity index is 924. The minimum absolute atomic E-state index is 0.178. The van der Waals surface area contributed by atoms with Crippen molar-refractivity contribution in [2.24, 2.45) is 4.99 Å². The molecule has 0 unspecified atom stereocenters. The molecule has 1 atom stereocenters. The second-order valence-electron chi connectivity index (χ2n) is 5.85. The van der Waals surface area contributed by atoms with E-state index >= 15 is 0 Å². The standard InChI is InChI=1S/C18H19N3O6S/c1-5-27-17(22)15-10(2)19-18-20(6-7-28-18)16(15)11-8-13(25-3)14(26-4)9-12(11)21(23)24/h6-9,16H,5H2,1-4H3/t16-/m0/s1. The first-order valence-corrected chi connectivity index (χ1v) is 9.29. The quantitative estimate of drug-likeness (QED) is 0.403. The van der Waals surface area contributed by atoms with Crippen molar-refractivity contribution in [1.82, 2.24) is 4.90 Å². The number of nitro benzene ring substituents is 1. The molecule has 28 heavy (non-hydrogen) atoms. The predicted octanol–water partition coefficient (Wildman–Crippen LogP) is 3.38. The first-order chi connectivity index (χ1) is 13.4. The third-order valence-corrected chi connectivity index (χ3v) is 5.11. The highest BCUT2D eigenvalue weighted by Crippen LogP contribution is 2.46. The van der Waals surface area contributed by atoms with Crippen LogP contribution in [0.4, 0.5) is 5.69 Å². The molecule has 0 amide bonds. The van der Waals surface area contributed by atoms with E-state index in [2.05, 4.69) is 4.99 Å². The molecule has 0 aromatic heterocycles. The van der Waals surface area contributed by atoms with E-state index in [1.54, 1.807) is 30.4 Å². The number of carbonyl (C=O) groups excluding carboxylic acids is 1. The zero-order chi connectivity index (χ0) is 20.4. The zero-order valence-electron chi connectivity index (χ0n) is 15.8. The molecule has 2 aliphatic heterocycles. The topological polar surface area (TPSA) is 104 Å². The number of nitro groups is 1. The van der Waals surface area contributed by atoms with Crippen LogP contribution in [-0.4, -0.2) is 41.8 Å². The summed E-state index contributed by atoms with van der Waals surface area (Å²) in [5, 5.41) is 14.2. The van der Waals surface area contributed by atoms with Crippen LogP contribution < -0.4 is 9.47 Å². The van der Waals surface area contributed by atoms with Gasteiger partial charge in [0.15, 0.2) is 16.7 Å². The van der Waals surface area contributed by atoms with E-state index in [9.17, 15) is 14.9 Å². The van der Waals surface area contributed by atoms with Crippen LogP contribution in [0.1, 0.15) is 25.5 Å². The number of fused-ring (bicyclic) bond motifs is 1. The Kier molecular flexibility index (Phi) is 5.59. The van der Waals surface area contributed by atoms with Crippen LogP contribution in [0, 0.1) is 10.1 Å². The van der Waals surface area contributed by atoms with Gasteiger partial charge in [-0.1, -0.05) is 11.8 Å². The van der Waals surface area contributed by atoms with E-state index in [0.29, 0.717) is 16.6 Å². The third kappa shape index (κ3) is 3.31. The molecule has 0 radical (unpaired) electrons. The van der Waals surface area contributed by atoms with Crippen molar-refractivity contribution in [1.29, 1.82) is 0 Å². The second kappa shape index (κ2) is 7.93. The van der Waals surface area contributed by atoms with Gasteiger partial charge in [0.1, 0.15) is 6.04 Å². The van der Waals surface area contributed by atoms with Gasteiger partial charge in [0, 0.05) is 6.20 Å². The van der Waals surface area contributed by atoms with Gasteiger partial charge in [0.05, 0.1) is 48.6 Å². The lowest BCUT2D eigenvalue weighted by atomic mass is 9.93. The lowest BCUT2D eigenvalue weighted by molar-refractivity contribution is -0.385. The maximum atomic E-state index is 12.7. The summed E-state index contributed by atoms with van der Waals surface area (Å²) in [4.78, 5) is 30.2. The van der Waals surface area contributed by atoms with Crippen molar-refractivity contribution in [2.75, 3.05) is 20.8 Å². The Labute approximate surface area is 165 Å². The van der Waals surface area contributed by atoms with Crippen LogP contribution in [0.15, 0.2) is 40.0 Å². The summed E-state index contributed by atoms with van der Waals surface area (Å²) in [7, 11) is 2.85. The van der Waals surface area contributed by atoms with Gasteiger partial charge in [-0.2, -0.15) is 0 Å². The molecule has 0 fully saturated rings. The normalized spacial score (nSPS) is 17.9. The summed E-state index contributed by atoms with van der Waals surface area (Å²) >= 11 is 1.37. The van der Waals surface area contributed by atoms with Crippen molar-refractivity contribution in [3.8, 4) is 11.5 Å². The van der Waals surface area contributed by atoms with Gasteiger partial charge in [-0.05, 0) is 25.3 Å². The Morgan fingerprint density at radius 1 is 1.32 bits per heavy atom. The third-order valence-electron chi connectivity index (χ3n) is 4.34. The Morgan fingerprint density at radius 2 is 2.00 bits per heavy atom. The molecular weight excluding hydrogens is 386 g/mol. The van der Waals surface area contributed by atoms with E-state index < -0.39 is 16.9 Å². The maximum absolute atomic E-state index is 12.7. The van der Waals surface area contributed by atoms with Gasteiger partial charge in [0.25, 0.3) is 5.69 Å². The molecule has 9 nitrogen and oxygen atoms in total. The van der Waals surface area contributed by atoms with Crippen molar-refractivity contribution in [2.45, 2.75) is 19.9 Å². The monoisotopic (exact) mass is 405 g/mol. The van der Waals surface area contributed by atoms with Gasteiger partial charge < -0.3 is 19.1 Å². The summed E-state index contributed by atoms with van der Waals surface area (Å²) in [6.07, 6.45) is 1.74. The number of allylic oxidation sites excluding steroid dienone is 1. The molecule has 2 heterocycles. The molecule has 10 heteroatoms. The Hall–Kier alpha value is -3.01. The van der Waals surface area contributed by atoms with Crippen LogP contribution >= 0.6 is 11.8 Å². The van der Waals surface area contributed by atoms with E-state index in [4.69, 9.17) is 14.2 Å². The average molecular weight is 405 g/mol. The SMILES string of the molecule is CCOC(=O)C1=C(C)N=C2SC=CN2[C@H]1c1cc(OC)c(OC)cc1[N+](=O)[O-]. The minimum atomic E-state index is -0.780. The molecular formula is C18H19N3O6S. The molecule has 148 valence electrons. The highest BCUT2D eigenvalue weighted by atomic mass is 32.2. The highest BCUT2D eigenvalue weighted by Gasteiger charge is 2.41. The fraction of sp³-hybridized carbons (Fsp3) is 0.333. The predicted molar refractivity (Wildman–Crippen MR) is 104 cm³/mol. The molecule has 3 rings (SSSR count). The lowest BCUT2D eigenvalue weighted by Gasteiger charge is -2.33. The van der Waals surface area contributed by atoms with Gasteiger partial charge in [-0.3, -0.25) is 10.1 Å². The number of thioether (sulfide) groups is 1. The number of methoxy groups -OCH3 is 2. The smallest absolute Gasteiger partial charge is 0.338 e. The molecule has 0 bridgehead atoms. The molecule has 0 saturated heterocycles. The summed E-state index contributed by atoms with van der Waals surface area (Å²) in [5.74, 6) is -0.0154. The highest BCUT2D eigenvalue weighted by molar-refractivity contribution is 8.16. The first kappa shape index (κ1) is 19.7. The van der Waals surface area contributed by atoms with Crippen LogP contribution in [0.25, 0.3) is 0 Å². The van der Waals surface area contributed by atoms with Crippen molar-refractivity contribution >= 4 is 28.6 Å². The van der Waals surface area contributed by atoms with Crippen molar-refractivity contribution < 1.29 is 23.9 Å². The van der Waals surface area contributed by atoms with Crippen LogP contribution in [0.2, 0.25) is 0 Å². The Morgan fingerprint density at radius 3 is 2.61 bits per heavy atom. The summed E-state index contributed by atoms with van der Waals surface area (Å²) in [6, 6.07) is 2.04. The number of benzene rings is 1. The van der Waals surface area contributed by atoms with Gasteiger partial charge >= 0.3 is 5.97 Å². The zero-order valence-corrected chi connectivity index (χ0v) is 16.6. The van der Waals surface area contributed by atoms with Crippen LogP contribution in [0.3, 0.4) is 0 Å². The van der Waals surface area contributed by atoms with E-state index in [1.165, 1.54) is 38.1 Å². The summed E-state index contributed by atoms with van der Waals surface area (Å²) in [6.45, 7) is 3.57. The minimum Gasteiger partial charge on any atom is -0.493 e. The van der Waals surface area contributed by atoms with E-state index in [0.717, 1.165) is 0 Å². The van der Waals surface area contributed by atoms with E-state index in [-0.39, 0.29) is 29.2 Å². The molecule has 0 aliphatic carbocycles. The fourth-order valence-electron chi connectivity index (χ4n) is 3.14. The number of rotatable bonds is 6. The fourth-order valence-corrected chi connectivity index (χ4v) is 3.93. The van der Waals surface area contributed by atoms with Crippen molar-refractivity contribution in [3.63, 3.8) is 0 Å². The number of hydrogen-bond acceptors (Lipinski definition) is 9. The molecule has 0 N–H and O–H groups in total. The Balaban J connectivity index is 2.26. The molecule has 0 saturated carbocycles. The van der Waals surface area contributed by atoms with Gasteiger partial charge in [-0.25, -0.2) is 9.79 Å².